The van der Waals surface area contributed by atoms with Gasteiger partial charge >= 0.3 is 0 Å². The molecule has 8 heteroatoms. The van der Waals surface area contributed by atoms with Gasteiger partial charge < -0.3 is 4.74 Å². The Morgan fingerprint density at radius 2 is 2.12 bits per heavy atom. The number of morpholine rings is 1. The number of para-hydroxylation sites is 1. The van der Waals surface area contributed by atoms with E-state index in [1.807, 2.05) is 41.2 Å². The summed E-state index contributed by atoms with van der Waals surface area (Å²) in [5.41, 5.74) is 1.97. The second kappa shape index (κ2) is 6.90. The zero-order valence-electron chi connectivity index (χ0n) is 13.3. The van der Waals surface area contributed by atoms with Crippen molar-refractivity contribution in [1.29, 1.82) is 0 Å². The average molecular weight is 325 g/mol. The lowest BCUT2D eigenvalue weighted by Crippen LogP contribution is -2.43. The van der Waals surface area contributed by atoms with Gasteiger partial charge in [0.25, 0.3) is 0 Å². The Morgan fingerprint density at radius 3 is 2.96 bits per heavy atom. The predicted octanol–water partition coefficient (Wildman–Crippen LogP) is 0.760. The van der Waals surface area contributed by atoms with E-state index in [1.165, 1.54) is 0 Å². The van der Waals surface area contributed by atoms with Gasteiger partial charge in [-0.2, -0.15) is 5.10 Å². The van der Waals surface area contributed by atoms with Gasteiger partial charge in [0.05, 0.1) is 36.8 Å². The van der Waals surface area contributed by atoms with Crippen molar-refractivity contribution in [3.8, 4) is 5.69 Å². The second-order valence-electron chi connectivity index (χ2n) is 5.84. The minimum Gasteiger partial charge on any atom is -0.374 e. The molecule has 1 aliphatic rings. The number of ether oxygens (including phenoxy) is 1. The largest absolute Gasteiger partial charge is 0.374 e. The molecule has 0 amide bonds. The molecule has 4 rings (SSSR count). The number of rotatable bonds is 5. The fraction of sp³-hybridized carbons (Fsp3) is 0.375. The Hall–Kier alpha value is -2.58. The van der Waals surface area contributed by atoms with E-state index < -0.39 is 0 Å². The van der Waals surface area contributed by atoms with Crippen molar-refractivity contribution in [2.45, 2.75) is 19.2 Å². The second-order valence-corrected chi connectivity index (χ2v) is 5.84. The van der Waals surface area contributed by atoms with Crippen LogP contribution in [0.5, 0.6) is 0 Å². The van der Waals surface area contributed by atoms with Crippen LogP contribution in [-0.2, 0) is 17.8 Å². The number of hydrogen-bond donors (Lipinski definition) is 0. The molecule has 1 aliphatic heterocycles. The van der Waals surface area contributed by atoms with Gasteiger partial charge in [-0.15, -0.1) is 5.10 Å². The summed E-state index contributed by atoms with van der Waals surface area (Å²) in [6.07, 6.45) is 5.36. The van der Waals surface area contributed by atoms with Crippen molar-refractivity contribution in [3.05, 3.63) is 54.9 Å². The summed E-state index contributed by atoms with van der Waals surface area (Å²) < 4.78 is 9.44. The Bertz CT molecular complexity index is 756. The molecule has 2 aromatic heterocycles. The Labute approximate surface area is 139 Å². The molecule has 8 nitrogen and oxygen atoms in total. The van der Waals surface area contributed by atoms with E-state index in [4.69, 9.17) is 4.74 Å². The molecular weight excluding hydrogens is 306 g/mol. The van der Waals surface area contributed by atoms with E-state index in [-0.39, 0.29) is 6.10 Å². The third-order valence-corrected chi connectivity index (χ3v) is 4.03. The van der Waals surface area contributed by atoms with Gasteiger partial charge in [0.15, 0.2) is 0 Å². The molecule has 24 heavy (non-hydrogen) atoms. The molecule has 0 radical (unpaired) electrons. The topological polar surface area (TPSA) is 73.9 Å². The summed E-state index contributed by atoms with van der Waals surface area (Å²) in [6, 6.07) is 10.0. The highest BCUT2D eigenvalue weighted by Gasteiger charge is 2.22. The lowest BCUT2D eigenvalue weighted by Gasteiger charge is -2.32. The first kappa shape index (κ1) is 15.0. The molecule has 3 aromatic rings. The maximum Gasteiger partial charge on any atom is 0.137 e. The number of benzene rings is 1. The summed E-state index contributed by atoms with van der Waals surface area (Å²) in [5.74, 6) is 0. The van der Waals surface area contributed by atoms with E-state index in [9.17, 15) is 0 Å². The Kier molecular flexibility index (Phi) is 4.30. The van der Waals surface area contributed by atoms with Crippen molar-refractivity contribution in [2.75, 3.05) is 19.7 Å². The third kappa shape index (κ3) is 3.50. The van der Waals surface area contributed by atoms with Crippen molar-refractivity contribution in [2.24, 2.45) is 0 Å². The highest BCUT2D eigenvalue weighted by Crippen LogP contribution is 2.12. The van der Waals surface area contributed by atoms with E-state index in [0.29, 0.717) is 13.2 Å². The highest BCUT2D eigenvalue weighted by molar-refractivity contribution is 5.29. The van der Waals surface area contributed by atoms with E-state index >= 15 is 0 Å². The molecule has 0 N–H and O–H groups in total. The first-order valence-electron chi connectivity index (χ1n) is 8.00. The molecule has 1 fully saturated rings. The fourth-order valence-electron chi connectivity index (χ4n) is 2.88. The number of hydrogen-bond acceptors (Lipinski definition) is 6. The number of nitrogens with zero attached hydrogens (tertiary/aromatic N) is 7. The molecule has 0 spiro atoms. The minimum absolute atomic E-state index is 0.115. The van der Waals surface area contributed by atoms with Gasteiger partial charge in [-0.1, -0.05) is 23.4 Å². The Balaban J connectivity index is 1.37. The van der Waals surface area contributed by atoms with Crippen LogP contribution in [0.4, 0.5) is 0 Å². The average Bonchev–Trinajstić information content (AvgIpc) is 3.28. The summed E-state index contributed by atoms with van der Waals surface area (Å²) >= 11 is 0. The normalized spacial score (nSPS) is 18.8. The van der Waals surface area contributed by atoms with Crippen molar-refractivity contribution in [3.63, 3.8) is 0 Å². The van der Waals surface area contributed by atoms with Gasteiger partial charge in [-0.05, 0) is 12.1 Å². The van der Waals surface area contributed by atoms with Crippen LogP contribution in [0.3, 0.4) is 0 Å². The molecule has 1 aromatic carbocycles. The molecule has 0 aliphatic carbocycles. The van der Waals surface area contributed by atoms with Crippen LogP contribution >= 0.6 is 0 Å². The van der Waals surface area contributed by atoms with Crippen LogP contribution in [-0.4, -0.2) is 60.5 Å². The van der Waals surface area contributed by atoms with Crippen molar-refractivity contribution >= 4 is 0 Å². The highest BCUT2D eigenvalue weighted by atomic mass is 16.5. The van der Waals surface area contributed by atoms with Crippen LogP contribution in [0.15, 0.2) is 49.2 Å². The van der Waals surface area contributed by atoms with Crippen LogP contribution in [0, 0.1) is 0 Å². The van der Waals surface area contributed by atoms with Crippen LogP contribution < -0.4 is 0 Å². The van der Waals surface area contributed by atoms with E-state index in [1.54, 1.807) is 17.3 Å². The van der Waals surface area contributed by atoms with Gasteiger partial charge in [-0.3, -0.25) is 9.58 Å². The fourth-order valence-corrected chi connectivity index (χ4v) is 2.88. The molecular formula is C16H19N7O. The lowest BCUT2D eigenvalue weighted by atomic mass is 10.2. The van der Waals surface area contributed by atoms with Gasteiger partial charge in [-0.25, -0.2) is 9.67 Å². The zero-order chi connectivity index (χ0) is 16.2. The standard InChI is InChI=1S/C16H19N7O/c1-2-4-15(5-3-1)23-9-14(19-20-23)8-21-6-7-24-16(10-21)11-22-13-17-12-18-22/h1-5,9,12-13,16H,6-8,10-11H2/t16-/m1/s1. The molecule has 124 valence electrons. The van der Waals surface area contributed by atoms with Crippen molar-refractivity contribution < 1.29 is 4.74 Å². The van der Waals surface area contributed by atoms with Gasteiger partial charge in [0, 0.05) is 19.6 Å². The quantitative estimate of drug-likeness (QED) is 0.689. The summed E-state index contributed by atoms with van der Waals surface area (Å²) in [7, 11) is 0. The molecule has 0 saturated carbocycles. The molecule has 3 heterocycles. The summed E-state index contributed by atoms with van der Waals surface area (Å²) in [5, 5.41) is 12.6. The maximum atomic E-state index is 5.82. The molecule has 0 bridgehead atoms. The van der Waals surface area contributed by atoms with Crippen molar-refractivity contribution in [1.82, 2.24) is 34.7 Å². The molecule has 1 saturated heterocycles. The first-order valence-corrected chi connectivity index (χ1v) is 8.00. The van der Waals surface area contributed by atoms with Crippen LogP contribution in [0.25, 0.3) is 5.69 Å². The monoisotopic (exact) mass is 325 g/mol. The molecule has 1 atom stereocenters. The zero-order valence-corrected chi connectivity index (χ0v) is 13.3. The van der Waals surface area contributed by atoms with Crippen LogP contribution in [0.2, 0.25) is 0 Å². The summed E-state index contributed by atoms with van der Waals surface area (Å²) in [4.78, 5) is 6.31. The van der Waals surface area contributed by atoms with Gasteiger partial charge in [0.2, 0.25) is 0 Å². The first-order chi connectivity index (χ1) is 11.9. The Morgan fingerprint density at radius 1 is 1.21 bits per heavy atom. The SMILES string of the molecule is c1ccc(-n2cc(CN3CCO[C@@H](Cn4cncn4)C3)nn2)cc1. The van der Waals surface area contributed by atoms with Crippen LogP contribution in [0.1, 0.15) is 5.69 Å². The maximum absolute atomic E-state index is 5.82. The van der Waals surface area contributed by atoms with Gasteiger partial charge in [0.1, 0.15) is 12.7 Å². The van der Waals surface area contributed by atoms with E-state index in [2.05, 4.69) is 25.3 Å². The number of aromatic nitrogens is 6. The van der Waals surface area contributed by atoms with E-state index in [0.717, 1.165) is 31.0 Å². The molecule has 0 unspecified atom stereocenters. The summed E-state index contributed by atoms with van der Waals surface area (Å²) in [6.45, 7) is 3.94. The smallest absolute Gasteiger partial charge is 0.137 e. The third-order valence-electron chi connectivity index (χ3n) is 4.03. The predicted molar refractivity (Wildman–Crippen MR) is 86.4 cm³/mol. The minimum atomic E-state index is 0.115. The lowest BCUT2D eigenvalue weighted by molar-refractivity contribution is -0.0406.